The lowest BCUT2D eigenvalue weighted by molar-refractivity contribution is -0.151. The maximum atomic E-state index is 12.3. The summed E-state index contributed by atoms with van der Waals surface area (Å²) >= 11 is 0. The van der Waals surface area contributed by atoms with Crippen molar-refractivity contribution in [2.24, 2.45) is 0 Å². The van der Waals surface area contributed by atoms with E-state index in [0.29, 0.717) is 0 Å². The van der Waals surface area contributed by atoms with Gasteiger partial charge in [0.2, 0.25) is 0 Å². The van der Waals surface area contributed by atoms with Crippen LogP contribution in [0.1, 0.15) is 18.0 Å². The van der Waals surface area contributed by atoms with Crippen molar-refractivity contribution in [2.45, 2.75) is 19.1 Å². The van der Waals surface area contributed by atoms with E-state index in [1.165, 1.54) is 4.57 Å². The van der Waals surface area contributed by atoms with Gasteiger partial charge in [-0.3, -0.25) is 9.78 Å². The highest BCUT2D eigenvalue weighted by Crippen LogP contribution is 2.26. The van der Waals surface area contributed by atoms with Crippen molar-refractivity contribution in [2.75, 3.05) is 0 Å². The summed E-state index contributed by atoms with van der Waals surface area (Å²) in [6, 6.07) is 22.0. The fourth-order valence-electron chi connectivity index (χ4n) is 3.45. The van der Waals surface area contributed by atoms with Crippen LogP contribution in [0.5, 0.6) is 0 Å². The number of hydrogen-bond acceptors (Lipinski definition) is 4. The third-order valence-corrected chi connectivity index (χ3v) is 5.19. The van der Waals surface area contributed by atoms with Gasteiger partial charge in [0, 0.05) is 24.8 Å². The van der Waals surface area contributed by atoms with Gasteiger partial charge in [-0.05, 0) is 46.0 Å². The number of aliphatic carboxylic acids is 1. The highest BCUT2D eigenvalue weighted by molar-refractivity contribution is 5.80. The molecule has 4 rings (SSSR count). The Morgan fingerprint density at radius 1 is 0.844 bits per heavy atom. The van der Waals surface area contributed by atoms with E-state index in [2.05, 4.69) is 4.98 Å². The number of aromatic nitrogens is 2. The highest BCUT2D eigenvalue weighted by Gasteiger charge is 2.24. The minimum atomic E-state index is -1.09. The molecule has 0 aliphatic carbocycles. The first-order valence-corrected chi connectivity index (χ1v) is 10.2. The summed E-state index contributed by atoms with van der Waals surface area (Å²) < 4.78 is 6.80. The Kier molecular flexibility index (Phi) is 6.41. The van der Waals surface area contributed by atoms with Gasteiger partial charge in [0.05, 0.1) is 6.42 Å². The van der Waals surface area contributed by atoms with Crippen molar-refractivity contribution in [1.29, 1.82) is 0 Å². The zero-order valence-corrected chi connectivity index (χ0v) is 17.3. The number of carboxylic acids is 1. The molecule has 6 heteroatoms. The van der Waals surface area contributed by atoms with Crippen LogP contribution in [0.4, 0.5) is 0 Å². The molecule has 4 aromatic rings. The first kappa shape index (κ1) is 21.1. The van der Waals surface area contributed by atoms with Gasteiger partial charge < -0.3 is 14.4 Å². The van der Waals surface area contributed by atoms with Crippen LogP contribution in [0.15, 0.2) is 97.6 Å². The molecule has 2 heterocycles. The SMILES string of the molecule is O=C(C[C@H](C(=O)O)n1ccc(-c2ccc(-c3ccncc3)cc2)c1)OCc1ccccc1. The van der Waals surface area contributed by atoms with E-state index in [0.717, 1.165) is 27.8 Å². The average Bonchev–Trinajstić information content (AvgIpc) is 3.32. The van der Waals surface area contributed by atoms with Crippen molar-refractivity contribution < 1.29 is 19.4 Å². The number of rotatable bonds is 8. The third-order valence-electron chi connectivity index (χ3n) is 5.19. The van der Waals surface area contributed by atoms with Crippen molar-refractivity contribution in [1.82, 2.24) is 9.55 Å². The summed E-state index contributed by atoms with van der Waals surface area (Å²) in [6.45, 7) is 0.118. The summed E-state index contributed by atoms with van der Waals surface area (Å²) in [7, 11) is 0. The normalized spacial score (nSPS) is 11.6. The summed E-state index contributed by atoms with van der Waals surface area (Å²) in [4.78, 5) is 28.1. The van der Waals surface area contributed by atoms with Crippen LogP contribution in [-0.4, -0.2) is 26.6 Å². The van der Waals surface area contributed by atoms with Crippen LogP contribution < -0.4 is 0 Å². The Hall–Kier alpha value is -4.19. The molecule has 0 aliphatic heterocycles. The predicted molar refractivity (Wildman–Crippen MR) is 121 cm³/mol. The van der Waals surface area contributed by atoms with E-state index < -0.39 is 18.0 Å². The van der Waals surface area contributed by atoms with Crippen LogP contribution in [0.2, 0.25) is 0 Å². The monoisotopic (exact) mass is 426 g/mol. The van der Waals surface area contributed by atoms with Crippen LogP contribution in [-0.2, 0) is 20.9 Å². The smallest absolute Gasteiger partial charge is 0.327 e. The van der Waals surface area contributed by atoms with Gasteiger partial charge in [0.1, 0.15) is 12.6 Å². The van der Waals surface area contributed by atoms with E-state index in [1.54, 1.807) is 24.8 Å². The Morgan fingerprint density at radius 2 is 1.47 bits per heavy atom. The number of carbonyl (C=O) groups is 2. The fourth-order valence-corrected chi connectivity index (χ4v) is 3.45. The fraction of sp³-hybridized carbons (Fsp3) is 0.115. The second-order valence-corrected chi connectivity index (χ2v) is 7.37. The zero-order valence-electron chi connectivity index (χ0n) is 17.3. The minimum Gasteiger partial charge on any atom is -0.480 e. The number of carboxylic acid groups (broad SMARTS) is 1. The van der Waals surface area contributed by atoms with Gasteiger partial charge in [0.15, 0.2) is 0 Å². The van der Waals surface area contributed by atoms with Crippen LogP contribution in [0, 0.1) is 0 Å². The maximum absolute atomic E-state index is 12.3. The molecular weight excluding hydrogens is 404 g/mol. The molecule has 1 atom stereocenters. The van der Waals surface area contributed by atoms with Gasteiger partial charge in [0.25, 0.3) is 0 Å². The summed E-state index contributed by atoms with van der Waals surface area (Å²) in [5, 5.41) is 9.67. The lowest BCUT2D eigenvalue weighted by Gasteiger charge is -2.14. The molecule has 0 saturated heterocycles. The Labute approximate surface area is 185 Å². The molecule has 0 saturated carbocycles. The molecule has 2 aromatic carbocycles. The number of benzene rings is 2. The van der Waals surface area contributed by atoms with Gasteiger partial charge >= 0.3 is 11.9 Å². The standard InChI is InChI=1S/C26H22N2O4/c29-25(32-18-19-4-2-1-3-5-19)16-24(26(30)31)28-15-12-23(17-28)21-8-6-20(7-9-21)22-10-13-27-14-11-22/h1-15,17,24H,16,18H2,(H,30,31)/t24-/m1/s1. The van der Waals surface area contributed by atoms with Crippen LogP contribution >= 0.6 is 0 Å². The number of nitrogens with zero attached hydrogens (tertiary/aromatic N) is 2. The van der Waals surface area contributed by atoms with E-state index in [-0.39, 0.29) is 13.0 Å². The van der Waals surface area contributed by atoms with Crippen molar-refractivity contribution in [3.63, 3.8) is 0 Å². The molecule has 0 radical (unpaired) electrons. The van der Waals surface area contributed by atoms with Gasteiger partial charge in [-0.1, -0.05) is 54.6 Å². The first-order valence-electron chi connectivity index (χ1n) is 10.2. The summed E-state index contributed by atoms with van der Waals surface area (Å²) in [6.07, 6.45) is 6.66. The molecule has 1 N–H and O–H groups in total. The second kappa shape index (κ2) is 9.75. The van der Waals surface area contributed by atoms with Crippen molar-refractivity contribution >= 4 is 11.9 Å². The van der Waals surface area contributed by atoms with Crippen molar-refractivity contribution in [3.8, 4) is 22.3 Å². The Balaban J connectivity index is 1.44. The van der Waals surface area contributed by atoms with E-state index in [9.17, 15) is 14.7 Å². The van der Waals surface area contributed by atoms with E-state index in [1.807, 2.05) is 72.8 Å². The van der Waals surface area contributed by atoms with Gasteiger partial charge in [-0.2, -0.15) is 0 Å². The molecule has 2 aromatic heterocycles. The molecular formula is C26H22N2O4. The second-order valence-electron chi connectivity index (χ2n) is 7.37. The van der Waals surface area contributed by atoms with Crippen LogP contribution in [0.25, 0.3) is 22.3 Å². The number of hydrogen-bond donors (Lipinski definition) is 1. The largest absolute Gasteiger partial charge is 0.480 e. The quantitative estimate of drug-likeness (QED) is 0.402. The van der Waals surface area contributed by atoms with Crippen molar-refractivity contribution in [3.05, 3.63) is 103 Å². The van der Waals surface area contributed by atoms with E-state index in [4.69, 9.17) is 4.74 Å². The maximum Gasteiger partial charge on any atom is 0.327 e. The number of carbonyl (C=O) groups excluding carboxylic acids is 1. The molecule has 0 bridgehead atoms. The molecule has 32 heavy (non-hydrogen) atoms. The lowest BCUT2D eigenvalue weighted by Crippen LogP contribution is -2.22. The molecule has 6 nitrogen and oxygen atoms in total. The molecule has 0 spiro atoms. The Morgan fingerprint density at radius 3 is 2.12 bits per heavy atom. The first-order chi connectivity index (χ1) is 15.6. The summed E-state index contributed by atoms with van der Waals surface area (Å²) in [5.41, 5.74) is 4.82. The lowest BCUT2D eigenvalue weighted by atomic mass is 10.0. The zero-order chi connectivity index (χ0) is 22.3. The highest BCUT2D eigenvalue weighted by atomic mass is 16.5. The summed E-state index contributed by atoms with van der Waals surface area (Å²) in [5.74, 6) is -1.64. The number of ether oxygens (including phenoxy) is 1. The predicted octanol–water partition coefficient (Wildman–Crippen LogP) is 4.98. The molecule has 0 aliphatic rings. The topological polar surface area (TPSA) is 81.4 Å². The third kappa shape index (κ3) is 5.10. The Bertz CT molecular complexity index is 1190. The molecule has 160 valence electrons. The van der Waals surface area contributed by atoms with Crippen LogP contribution in [0.3, 0.4) is 0 Å². The minimum absolute atomic E-state index is 0.118. The number of pyridine rings is 1. The molecule has 0 amide bonds. The molecule has 0 fully saturated rings. The average molecular weight is 426 g/mol. The molecule has 0 unspecified atom stereocenters. The van der Waals surface area contributed by atoms with Gasteiger partial charge in [-0.25, -0.2) is 4.79 Å². The van der Waals surface area contributed by atoms with Gasteiger partial charge in [-0.15, -0.1) is 0 Å². The number of esters is 1. The van der Waals surface area contributed by atoms with E-state index >= 15 is 0 Å².